The van der Waals surface area contributed by atoms with Crippen molar-refractivity contribution in [3.05, 3.63) is 65.0 Å². The molecular formula is C25H27FN4OS. The number of benzene rings is 2. The number of carbonyl (C=O) groups excluding carboxylic acids is 1. The van der Waals surface area contributed by atoms with Crippen LogP contribution >= 0.6 is 11.8 Å². The Morgan fingerprint density at radius 3 is 2.72 bits per heavy atom. The number of nitrogens with zero attached hydrogens (tertiary/aromatic N) is 3. The summed E-state index contributed by atoms with van der Waals surface area (Å²) < 4.78 is 16.3. The molecule has 1 fully saturated rings. The van der Waals surface area contributed by atoms with Crippen LogP contribution in [0.5, 0.6) is 0 Å². The van der Waals surface area contributed by atoms with Crippen LogP contribution in [-0.4, -0.2) is 26.4 Å². The Morgan fingerprint density at radius 1 is 1.16 bits per heavy atom. The van der Waals surface area contributed by atoms with Crippen molar-refractivity contribution < 1.29 is 9.18 Å². The van der Waals surface area contributed by atoms with E-state index in [0.29, 0.717) is 16.5 Å². The molecule has 0 saturated heterocycles. The number of hydrogen-bond acceptors (Lipinski definition) is 4. The van der Waals surface area contributed by atoms with Crippen molar-refractivity contribution in [3.63, 3.8) is 0 Å². The van der Waals surface area contributed by atoms with Gasteiger partial charge in [-0.2, -0.15) is 0 Å². The van der Waals surface area contributed by atoms with Crippen LogP contribution in [0.3, 0.4) is 0 Å². The largest absolute Gasteiger partial charge is 0.349 e. The fourth-order valence-corrected chi connectivity index (χ4v) is 5.20. The first-order chi connectivity index (χ1) is 15.6. The number of carbonyl (C=O) groups is 1. The van der Waals surface area contributed by atoms with Gasteiger partial charge < -0.3 is 5.32 Å². The third-order valence-corrected chi connectivity index (χ3v) is 7.22. The van der Waals surface area contributed by atoms with Crippen molar-refractivity contribution in [3.8, 4) is 11.4 Å². The number of thioether (sulfide) groups is 1. The van der Waals surface area contributed by atoms with Crippen LogP contribution in [0.25, 0.3) is 11.4 Å². The van der Waals surface area contributed by atoms with E-state index in [1.165, 1.54) is 41.8 Å². The fourth-order valence-electron chi connectivity index (χ4n) is 4.38. The van der Waals surface area contributed by atoms with Gasteiger partial charge in [0.1, 0.15) is 5.82 Å². The standard InChI is InChI=1S/C25H27FN4OS/c1-16(18-11-10-17-6-2-3-7-19(17)14-18)27-23(31)15-32-25-29-28-24(30(25)20-12-13-20)21-8-4-5-9-22(21)26/h4-5,8-11,14,16,20H,2-3,6-7,12-13,15H2,1H3,(H,27,31)/t16-/m0/s1. The van der Waals surface area contributed by atoms with Crippen LogP contribution in [0.2, 0.25) is 0 Å². The van der Waals surface area contributed by atoms with Crippen molar-refractivity contribution in [2.24, 2.45) is 0 Å². The van der Waals surface area contributed by atoms with Gasteiger partial charge in [0.25, 0.3) is 0 Å². The number of halogens is 1. The second kappa shape index (κ2) is 9.06. The molecule has 7 heteroatoms. The third kappa shape index (κ3) is 4.44. The highest BCUT2D eigenvalue weighted by molar-refractivity contribution is 7.99. The second-order valence-electron chi connectivity index (χ2n) is 8.70. The summed E-state index contributed by atoms with van der Waals surface area (Å²) in [6.07, 6.45) is 6.83. The predicted molar refractivity (Wildman–Crippen MR) is 124 cm³/mol. The van der Waals surface area contributed by atoms with E-state index >= 15 is 0 Å². The van der Waals surface area contributed by atoms with E-state index in [9.17, 15) is 9.18 Å². The lowest BCUT2D eigenvalue weighted by molar-refractivity contribution is -0.119. The summed E-state index contributed by atoms with van der Waals surface area (Å²) in [5, 5.41) is 12.3. The summed E-state index contributed by atoms with van der Waals surface area (Å²) in [5.41, 5.74) is 4.46. The zero-order valence-electron chi connectivity index (χ0n) is 18.2. The quantitative estimate of drug-likeness (QED) is 0.499. The minimum absolute atomic E-state index is 0.0435. The summed E-state index contributed by atoms with van der Waals surface area (Å²) >= 11 is 1.36. The van der Waals surface area contributed by atoms with Crippen LogP contribution in [0.15, 0.2) is 47.6 Å². The van der Waals surface area contributed by atoms with Gasteiger partial charge in [0.05, 0.1) is 17.4 Å². The van der Waals surface area contributed by atoms with Gasteiger partial charge in [0.15, 0.2) is 11.0 Å². The summed E-state index contributed by atoms with van der Waals surface area (Å²) in [6.45, 7) is 2.02. The molecule has 32 heavy (non-hydrogen) atoms. The minimum atomic E-state index is -0.310. The van der Waals surface area contributed by atoms with E-state index in [2.05, 4.69) is 33.7 Å². The molecule has 3 aromatic rings. The van der Waals surface area contributed by atoms with Crippen molar-refractivity contribution >= 4 is 17.7 Å². The molecule has 2 aliphatic rings. The minimum Gasteiger partial charge on any atom is -0.349 e. The van der Waals surface area contributed by atoms with Gasteiger partial charge in [-0.15, -0.1) is 10.2 Å². The molecule has 0 unspecified atom stereocenters. The van der Waals surface area contributed by atoms with E-state index < -0.39 is 0 Å². The van der Waals surface area contributed by atoms with Gasteiger partial charge in [-0.05, 0) is 74.3 Å². The Morgan fingerprint density at radius 2 is 1.94 bits per heavy atom. The molecule has 1 atom stereocenters. The lowest BCUT2D eigenvalue weighted by Crippen LogP contribution is -2.28. The summed E-state index contributed by atoms with van der Waals surface area (Å²) in [7, 11) is 0. The lowest BCUT2D eigenvalue weighted by atomic mass is 9.89. The van der Waals surface area contributed by atoms with Crippen molar-refractivity contribution in [2.45, 2.75) is 62.7 Å². The normalized spacial score (nSPS) is 16.4. The van der Waals surface area contributed by atoms with Crippen molar-refractivity contribution in [2.75, 3.05) is 5.75 Å². The van der Waals surface area contributed by atoms with Gasteiger partial charge in [0, 0.05) is 6.04 Å². The van der Waals surface area contributed by atoms with Gasteiger partial charge >= 0.3 is 0 Å². The summed E-state index contributed by atoms with van der Waals surface area (Å²) in [6, 6.07) is 13.4. The molecule has 1 saturated carbocycles. The van der Waals surface area contributed by atoms with Crippen LogP contribution in [0, 0.1) is 5.82 Å². The zero-order valence-corrected chi connectivity index (χ0v) is 19.0. The van der Waals surface area contributed by atoms with Crippen molar-refractivity contribution in [1.82, 2.24) is 20.1 Å². The Balaban J connectivity index is 1.25. The maximum atomic E-state index is 14.3. The smallest absolute Gasteiger partial charge is 0.230 e. The highest BCUT2D eigenvalue weighted by atomic mass is 32.2. The number of hydrogen-bond donors (Lipinski definition) is 1. The molecule has 0 radical (unpaired) electrons. The molecule has 5 rings (SSSR count). The van der Waals surface area contributed by atoms with E-state index in [1.54, 1.807) is 18.2 Å². The maximum absolute atomic E-state index is 14.3. The number of fused-ring (bicyclic) bond motifs is 1. The van der Waals surface area contributed by atoms with Crippen LogP contribution in [0.1, 0.15) is 61.4 Å². The predicted octanol–water partition coefficient (Wildman–Crippen LogP) is 5.27. The van der Waals surface area contributed by atoms with Crippen molar-refractivity contribution in [1.29, 1.82) is 0 Å². The van der Waals surface area contributed by atoms with Crippen LogP contribution in [-0.2, 0) is 17.6 Å². The number of aromatic nitrogens is 3. The Bertz CT molecular complexity index is 1140. The Labute approximate surface area is 191 Å². The highest BCUT2D eigenvalue weighted by Crippen LogP contribution is 2.41. The number of amides is 1. The van der Waals surface area contributed by atoms with Gasteiger partial charge in [-0.1, -0.05) is 42.1 Å². The molecule has 1 N–H and O–H groups in total. The molecule has 0 aliphatic heterocycles. The average Bonchev–Trinajstić information content (AvgIpc) is 3.56. The molecule has 2 aliphatic carbocycles. The first kappa shape index (κ1) is 21.2. The number of rotatable bonds is 7. The first-order valence-corrected chi connectivity index (χ1v) is 12.3. The molecule has 0 bridgehead atoms. The van der Waals surface area contributed by atoms with Gasteiger partial charge in [-0.3, -0.25) is 9.36 Å². The average molecular weight is 451 g/mol. The van der Waals surface area contributed by atoms with E-state index in [-0.39, 0.29) is 29.6 Å². The van der Waals surface area contributed by atoms with Crippen LogP contribution in [0.4, 0.5) is 4.39 Å². The van der Waals surface area contributed by atoms with E-state index in [4.69, 9.17) is 0 Å². The Hall–Kier alpha value is -2.67. The summed E-state index contributed by atoms with van der Waals surface area (Å²) in [5.74, 6) is 0.432. The monoisotopic (exact) mass is 450 g/mol. The molecule has 1 heterocycles. The van der Waals surface area contributed by atoms with Crippen LogP contribution < -0.4 is 5.32 Å². The van der Waals surface area contributed by atoms with Gasteiger partial charge in [0.2, 0.25) is 5.91 Å². The van der Waals surface area contributed by atoms with E-state index in [1.807, 2.05) is 11.5 Å². The fraction of sp³-hybridized carbons (Fsp3) is 0.400. The lowest BCUT2D eigenvalue weighted by Gasteiger charge is -2.20. The Kier molecular flexibility index (Phi) is 6.00. The number of nitrogens with one attached hydrogen (secondary N) is 1. The maximum Gasteiger partial charge on any atom is 0.230 e. The molecule has 166 valence electrons. The topological polar surface area (TPSA) is 59.8 Å². The van der Waals surface area contributed by atoms with E-state index in [0.717, 1.165) is 31.2 Å². The van der Waals surface area contributed by atoms with Gasteiger partial charge in [-0.25, -0.2) is 4.39 Å². The third-order valence-electron chi connectivity index (χ3n) is 6.27. The molecule has 1 amide bonds. The second-order valence-corrected chi connectivity index (χ2v) is 9.64. The molecule has 1 aromatic heterocycles. The number of aryl methyl sites for hydroxylation is 2. The molecule has 0 spiro atoms. The highest BCUT2D eigenvalue weighted by Gasteiger charge is 2.31. The molecule has 5 nitrogen and oxygen atoms in total. The molecular weight excluding hydrogens is 423 g/mol. The molecule has 2 aromatic carbocycles. The first-order valence-electron chi connectivity index (χ1n) is 11.3. The summed E-state index contributed by atoms with van der Waals surface area (Å²) in [4.78, 5) is 12.7. The zero-order chi connectivity index (χ0) is 22.1. The SMILES string of the molecule is C[C@H](NC(=O)CSc1nnc(-c2ccccc2F)n1C1CC1)c1ccc2c(c1)CCCC2.